The molecule has 2 aromatic rings. The molecule has 0 aliphatic carbocycles. The van der Waals surface area contributed by atoms with Crippen LogP contribution in [0.25, 0.3) is 0 Å². The van der Waals surface area contributed by atoms with Crippen LogP contribution in [0.2, 0.25) is 0 Å². The number of esters is 1. The van der Waals surface area contributed by atoms with Gasteiger partial charge >= 0.3 is 12.0 Å². The lowest BCUT2D eigenvalue weighted by molar-refractivity contribution is -0.123. The maximum atomic E-state index is 12.9. The van der Waals surface area contributed by atoms with Crippen molar-refractivity contribution >= 4 is 27.9 Å². The number of carbonyl (C=O) groups is 3. The van der Waals surface area contributed by atoms with Gasteiger partial charge in [-0.25, -0.2) is 18.0 Å². The summed E-state index contributed by atoms with van der Waals surface area (Å²) >= 11 is 0. The van der Waals surface area contributed by atoms with Crippen LogP contribution in [0.15, 0.2) is 53.4 Å². The third-order valence-corrected chi connectivity index (χ3v) is 6.50. The van der Waals surface area contributed by atoms with Crippen molar-refractivity contribution in [2.75, 3.05) is 20.2 Å². The van der Waals surface area contributed by atoms with E-state index < -0.39 is 34.5 Å². The van der Waals surface area contributed by atoms with Gasteiger partial charge < -0.3 is 10.1 Å². The van der Waals surface area contributed by atoms with Crippen molar-refractivity contribution in [3.05, 3.63) is 65.2 Å². The zero-order chi connectivity index (χ0) is 21.7. The van der Waals surface area contributed by atoms with Gasteiger partial charge in [0.15, 0.2) is 6.61 Å². The number of rotatable bonds is 5. The van der Waals surface area contributed by atoms with E-state index >= 15 is 0 Å². The van der Waals surface area contributed by atoms with Crippen molar-refractivity contribution in [3.63, 3.8) is 0 Å². The van der Waals surface area contributed by atoms with Gasteiger partial charge in [0.05, 0.1) is 10.5 Å². The minimum absolute atomic E-state index is 0.0655. The van der Waals surface area contributed by atoms with E-state index in [1.807, 2.05) is 29.6 Å². The average molecular weight is 431 g/mol. The minimum atomic E-state index is -3.72. The SMILES string of the molecule is CNC(=O)NC(=O)COC(=O)c1ccc(S(=O)(=O)N2CCc3ccccc3C2)cc1. The van der Waals surface area contributed by atoms with Crippen LogP contribution in [-0.4, -0.2) is 50.8 Å². The normalized spacial score (nSPS) is 13.8. The molecule has 3 rings (SSSR count). The Bertz CT molecular complexity index is 1070. The average Bonchev–Trinajstić information content (AvgIpc) is 2.77. The molecule has 0 saturated heterocycles. The van der Waals surface area contributed by atoms with E-state index in [0.717, 1.165) is 11.1 Å². The summed E-state index contributed by atoms with van der Waals surface area (Å²) in [6.45, 7) is 0.0336. The molecule has 0 aromatic heterocycles. The fourth-order valence-corrected chi connectivity index (χ4v) is 4.45. The van der Waals surface area contributed by atoms with Gasteiger partial charge in [-0.2, -0.15) is 4.31 Å². The Hall–Kier alpha value is -3.24. The highest BCUT2D eigenvalue weighted by molar-refractivity contribution is 7.89. The maximum absolute atomic E-state index is 12.9. The van der Waals surface area contributed by atoms with E-state index in [-0.39, 0.29) is 10.5 Å². The molecule has 0 atom stereocenters. The first-order valence-electron chi connectivity index (χ1n) is 9.17. The number of ether oxygens (including phenoxy) is 1. The van der Waals surface area contributed by atoms with Gasteiger partial charge in [0, 0.05) is 20.1 Å². The van der Waals surface area contributed by atoms with Gasteiger partial charge in [0.25, 0.3) is 5.91 Å². The molecular weight excluding hydrogens is 410 g/mol. The highest BCUT2D eigenvalue weighted by Gasteiger charge is 2.28. The second kappa shape index (κ2) is 9.06. The molecule has 2 aromatic carbocycles. The number of benzene rings is 2. The molecule has 1 aliphatic rings. The van der Waals surface area contributed by atoms with E-state index in [9.17, 15) is 22.8 Å². The maximum Gasteiger partial charge on any atom is 0.338 e. The Kier molecular flexibility index (Phi) is 6.48. The Morgan fingerprint density at radius 1 is 1.03 bits per heavy atom. The number of imide groups is 1. The zero-order valence-corrected chi connectivity index (χ0v) is 17.1. The Morgan fingerprint density at radius 3 is 2.37 bits per heavy atom. The number of hydrogen-bond acceptors (Lipinski definition) is 6. The molecule has 0 fully saturated rings. The number of nitrogens with zero attached hydrogens (tertiary/aromatic N) is 1. The molecule has 0 radical (unpaired) electrons. The number of sulfonamides is 1. The van der Waals surface area contributed by atoms with Crippen LogP contribution >= 0.6 is 0 Å². The van der Waals surface area contributed by atoms with Crippen LogP contribution in [-0.2, 0) is 32.5 Å². The predicted molar refractivity (Wildman–Crippen MR) is 107 cm³/mol. The van der Waals surface area contributed by atoms with Gasteiger partial charge in [-0.3, -0.25) is 10.1 Å². The lowest BCUT2D eigenvalue weighted by atomic mass is 10.0. The van der Waals surface area contributed by atoms with E-state index in [4.69, 9.17) is 4.74 Å². The van der Waals surface area contributed by atoms with Gasteiger partial charge in [-0.15, -0.1) is 0 Å². The highest BCUT2D eigenvalue weighted by atomic mass is 32.2. The summed E-state index contributed by atoms with van der Waals surface area (Å²) in [6, 6.07) is 12.3. The summed E-state index contributed by atoms with van der Waals surface area (Å²) in [4.78, 5) is 34.6. The van der Waals surface area contributed by atoms with Crippen LogP contribution in [0.1, 0.15) is 21.5 Å². The van der Waals surface area contributed by atoms with Crippen LogP contribution in [0.5, 0.6) is 0 Å². The molecule has 158 valence electrons. The van der Waals surface area contributed by atoms with Gasteiger partial charge in [0.2, 0.25) is 10.0 Å². The lowest BCUT2D eigenvalue weighted by Crippen LogP contribution is -2.39. The van der Waals surface area contributed by atoms with Crippen molar-refractivity contribution in [1.29, 1.82) is 0 Å². The molecule has 9 nitrogen and oxygen atoms in total. The quantitative estimate of drug-likeness (QED) is 0.683. The number of fused-ring (bicyclic) bond motifs is 1. The summed E-state index contributed by atoms with van der Waals surface area (Å²) in [7, 11) is -2.38. The van der Waals surface area contributed by atoms with Crippen molar-refractivity contribution in [2.45, 2.75) is 17.9 Å². The standard InChI is InChI=1S/C20H21N3O6S/c1-21-20(26)22-18(24)13-29-19(25)15-6-8-17(9-7-15)30(27,28)23-11-10-14-4-2-3-5-16(14)12-23/h2-9H,10-13H2,1H3,(H2,21,22,24,26). The Balaban J connectivity index is 1.64. The summed E-state index contributed by atoms with van der Waals surface area (Å²) in [5.74, 6) is -1.59. The van der Waals surface area contributed by atoms with E-state index in [0.29, 0.717) is 19.5 Å². The molecule has 30 heavy (non-hydrogen) atoms. The second-order valence-electron chi connectivity index (χ2n) is 6.59. The Morgan fingerprint density at radius 2 is 1.70 bits per heavy atom. The van der Waals surface area contributed by atoms with Crippen LogP contribution < -0.4 is 10.6 Å². The smallest absolute Gasteiger partial charge is 0.338 e. The lowest BCUT2D eigenvalue weighted by Gasteiger charge is -2.28. The van der Waals surface area contributed by atoms with Crippen molar-refractivity contribution in [3.8, 4) is 0 Å². The molecule has 2 N–H and O–H groups in total. The highest BCUT2D eigenvalue weighted by Crippen LogP contribution is 2.25. The van der Waals surface area contributed by atoms with Crippen molar-refractivity contribution in [1.82, 2.24) is 14.9 Å². The Labute approximate surface area is 174 Å². The summed E-state index contributed by atoms with van der Waals surface area (Å²) in [5, 5.41) is 4.15. The van der Waals surface area contributed by atoms with E-state index in [1.165, 1.54) is 35.6 Å². The van der Waals surface area contributed by atoms with Crippen LogP contribution in [0.4, 0.5) is 4.79 Å². The largest absolute Gasteiger partial charge is 0.452 e. The molecule has 1 aliphatic heterocycles. The first-order chi connectivity index (χ1) is 14.3. The van der Waals surface area contributed by atoms with Crippen LogP contribution in [0, 0.1) is 0 Å². The minimum Gasteiger partial charge on any atom is -0.452 e. The molecule has 1 heterocycles. The fourth-order valence-electron chi connectivity index (χ4n) is 3.03. The predicted octanol–water partition coefficient (Wildman–Crippen LogP) is 1.05. The summed E-state index contributed by atoms with van der Waals surface area (Å²) in [6.07, 6.45) is 0.637. The molecule has 10 heteroatoms. The fraction of sp³-hybridized carbons (Fsp3) is 0.250. The van der Waals surface area contributed by atoms with Gasteiger partial charge in [-0.1, -0.05) is 24.3 Å². The van der Waals surface area contributed by atoms with Crippen molar-refractivity contribution in [2.24, 2.45) is 0 Å². The third kappa shape index (κ3) is 4.84. The number of hydrogen-bond donors (Lipinski definition) is 2. The van der Waals surface area contributed by atoms with E-state index in [1.54, 1.807) is 0 Å². The first kappa shape index (κ1) is 21.5. The molecule has 0 bridgehead atoms. The summed E-state index contributed by atoms with van der Waals surface area (Å²) < 4.78 is 32.1. The van der Waals surface area contributed by atoms with Gasteiger partial charge in [0.1, 0.15) is 0 Å². The first-order valence-corrected chi connectivity index (χ1v) is 10.6. The third-order valence-electron chi connectivity index (χ3n) is 4.64. The molecular formula is C20H21N3O6S. The number of nitrogens with one attached hydrogen (secondary N) is 2. The number of carbonyl (C=O) groups excluding carboxylic acids is 3. The van der Waals surface area contributed by atoms with Crippen molar-refractivity contribution < 1.29 is 27.5 Å². The zero-order valence-electron chi connectivity index (χ0n) is 16.3. The van der Waals surface area contributed by atoms with E-state index in [2.05, 4.69) is 5.32 Å². The number of urea groups is 1. The van der Waals surface area contributed by atoms with Gasteiger partial charge in [-0.05, 0) is 41.8 Å². The number of amides is 3. The molecule has 0 spiro atoms. The molecule has 0 saturated carbocycles. The monoisotopic (exact) mass is 431 g/mol. The second-order valence-corrected chi connectivity index (χ2v) is 8.52. The molecule has 0 unspecified atom stereocenters. The van der Waals surface area contributed by atoms with Crippen LogP contribution in [0.3, 0.4) is 0 Å². The molecule has 3 amide bonds. The topological polar surface area (TPSA) is 122 Å². The summed E-state index contributed by atoms with van der Waals surface area (Å²) in [5.41, 5.74) is 2.20.